The number of esters is 1. The lowest BCUT2D eigenvalue weighted by Crippen LogP contribution is -1.96. The number of thiophene rings is 1. The summed E-state index contributed by atoms with van der Waals surface area (Å²) < 4.78 is 18.1. The summed E-state index contributed by atoms with van der Waals surface area (Å²) >= 11 is 1.19. The maximum Gasteiger partial charge on any atom is 0.348 e. The van der Waals surface area contributed by atoms with Gasteiger partial charge in [-0.1, -0.05) is 0 Å². The number of methoxy groups -OCH3 is 1. The molecule has 1 aromatic carbocycles. The van der Waals surface area contributed by atoms with E-state index in [-0.39, 0.29) is 5.75 Å². The van der Waals surface area contributed by atoms with Crippen LogP contribution in [0.15, 0.2) is 29.6 Å². The standard InChI is InChI=1S/C12H9FO3S/c1-16-12(15)11-4-7(6-17-11)9-3-2-8(14)5-10(9)13/h2-6,14H,1H3. The van der Waals surface area contributed by atoms with Crippen LogP contribution < -0.4 is 0 Å². The van der Waals surface area contributed by atoms with Crippen molar-refractivity contribution in [3.63, 3.8) is 0 Å². The second-order valence-electron chi connectivity index (χ2n) is 3.36. The van der Waals surface area contributed by atoms with E-state index in [1.165, 1.54) is 30.6 Å². The minimum Gasteiger partial charge on any atom is -0.508 e. The van der Waals surface area contributed by atoms with Crippen LogP contribution in [0.1, 0.15) is 9.67 Å². The number of hydrogen-bond donors (Lipinski definition) is 1. The summed E-state index contributed by atoms with van der Waals surface area (Å²) in [4.78, 5) is 11.7. The fourth-order valence-electron chi connectivity index (χ4n) is 1.42. The number of halogens is 1. The zero-order chi connectivity index (χ0) is 12.4. The average molecular weight is 252 g/mol. The highest BCUT2D eigenvalue weighted by molar-refractivity contribution is 7.12. The third kappa shape index (κ3) is 2.29. The fraction of sp³-hybridized carbons (Fsp3) is 0.0833. The van der Waals surface area contributed by atoms with Crippen LogP contribution >= 0.6 is 11.3 Å². The quantitative estimate of drug-likeness (QED) is 0.835. The smallest absolute Gasteiger partial charge is 0.348 e. The molecule has 0 spiro atoms. The van der Waals surface area contributed by atoms with E-state index < -0.39 is 11.8 Å². The molecule has 3 nitrogen and oxygen atoms in total. The van der Waals surface area contributed by atoms with Crippen LogP contribution in [0.3, 0.4) is 0 Å². The Morgan fingerprint density at radius 2 is 2.18 bits per heavy atom. The Balaban J connectivity index is 2.40. The largest absolute Gasteiger partial charge is 0.508 e. The third-order valence-electron chi connectivity index (χ3n) is 2.25. The zero-order valence-electron chi connectivity index (χ0n) is 8.94. The Morgan fingerprint density at radius 3 is 2.82 bits per heavy atom. The predicted molar refractivity (Wildman–Crippen MR) is 62.7 cm³/mol. The van der Waals surface area contributed by atoms with E-state index in [9.17, 15) is 9.18 Å². The van der Waals surface area contributed by atoms with E-state index in [4.69, 9.17) is 5.11 Å². The van der Waals surface area contributed by atoms with Crippen LogP contribution in [0.2, 0.25) is 0 Å². The lowest BCUT2D eigenvalue weighted by atomic mass is 10.1. The Hall–Kier alpha value is -1.88. The number of phenolic OH excluding ortho intramolecular Hbond substituents is 1. The lowest BCUT2D eigenvalue weighted by Gasteiger charge is -2.00. The second-order valence-corrected chi connectivity index (χ2v) is 4.27. The topological polar surface area (TPSA) is 46.5 Å². The van der Waals surface area contributed by atoms with Crippen LogP contribution in [0.4, 0.5) is 4.39 Å². The van der Waals surface area contributed by atoms with E-state index in [0.717, 1.165) is 6.07 Å². The molecule has 0 atom stereocenters. The molecule has 88 valence electrons. The van der Waals surface area contributed by atoms with Gasteiger partial charge in [-0.05, 0) is 29.1 Å². The van der Waals surface area contributed by atoms with Crippen molar-refractivity contribution in [2.75, 3.05) is 7.11 Å². The van der Waals surface area contributed by atoms with Crippen LogP contribution in [0, 0.1) is 5.82 Å². The highest BCUT2D eigenvalue weighted by Gasteiger charge is 2.12. The first-order valence-electron chi connectivity index (χ1n) is 4.77. The van der Waals surface area contributed by atoms with Gasteiger partial charge < -0.3 is 9.84 Å². The molecule has 0 fully saturated rings. The first-order valence-corrected chi connectivity index (χ1v) is 5.65. The van der Waals surface area contributed by atoms with Crippen molar-refractivity contribution < 1.29 is 19.0 Å². The van der Waals surface area contributed by atoms with E-state index in [1.54, 1.807) is 11.4 Å². The highest BCUT2D eigenvalue weighted by atomic mass is 32.1. The molecular weight excluding hydrogens is 243 g/mol. The lowest BCUT2D eigenvalue weighted by molar-refractivity contribution is 0.0606. The summed E-state index contributed by atoms with van der Waals surface area (Å²) in [6.45, 7) is 0. The number of aromatic hydroxyl groups is 1. The summed E-state index contributed by atoms with van der Waals surface area (Å²) in [6, 6.07) is 5.46. The number of phenols is 1. The Bertz CT molecular complexity index is 563. The van der Waals surface area contributed by atoms with Crippen molar-refractivity contribution in [1.82, 2.24) is 0 Å². The number of carbonyl (C=O) groups excluding carboxylic acids is 1. The van der Waals surface area contributed by atoms with Crippen molar-refractivity contribution in [2.24, 2.45) is 0 Å². The van der Waals surface area contributed by atoms with E-state index in [1.807, 2.05) is 0 Å². The summed E-state index contributed by atoms with van der Waals surface area (Å²) in [5, 5.41) is 10.8. The number of ether oxygens (including phenoxy) is 1. The Morgan fingerprint density at radius 1 is 1.41 bits per heavy atom. The molecule has 0 amide bonds. The first-order chi connectivity index (χ1) is 8.11. The monoisotopic (exact) mass is 252 g/mol. The number of benzene rings is 1. The average Bonchev–Trinajstić information content (AvgIpc) is 2.77. The number of carbonyl (C=O) groups is 1. The molecule has 1 aromatic heterocycles. The van der Waals surface area contributed by atoms with Gasteiger partial charge in [0.25, 0.3) is 0 Å². The molecule has 2 aromatic rings. The summed E-state index contributed by atoms with van der Waals surface area (Å²) in [5.41, 5.74) is 0.933. The van der Waals surface area contributed by atoms with Crippen molar-refractivity contribution >= 4 is 17.3 Å². The molecule has 0 aliphatic rings. The van der Waals surface area contributed by atoms with Gasteiger partial charge in [-0.3, -0.25) is 0 Å². The first kappa shape index (κ1) is 11.6. The zero-order valence-corrected chi connectivity index (χ0v) is 9.75. The van der Waals surface area contributed by atoms with Gasteiger partial charge in [0.05, 0.1) is 7.11 Å². The van der Waals surface area contributed by atoms with Gasteiger partial charge in [0.1, 0.15) is 16.4 Å². The normalized spacial score (nSPS) is 10.2. The highest BCUT2D eigenvalue weighted by Crippen LogP contribution is 2.29. The van der Waals surface area contributed by atoms with Gasteiger partial charge in [0.2, 0.25) is 0 Å². The maximum absolute atomic E-state index is 13.6. The number of rotatable bonds is 2. The molecular formula is C12H9FO3S. The molecule has 1 heterocycles. The van der Waals surface area contributed by atoms with Crippen molar-refractivity contribution in [3.05, 3.63) is 40.3 Å². The van der Waals surface area contributed by atoms with Crippen molar-refractivity contribution in [2.45, 2.75) is 0 Å². The van der Waals surface area contributed by atoms with E-state index in [0.29, 0.717) is 16.0 Å². The minimum absolute atomic E-state index is 0.130. The summed E-state index contributed by atoms with van der Waals surface area (Å²) in [5.74, 6) is -1.10. The molecule has 1 N–H and O–H groups in total. The third-order valence-corrected chi connectivity index (χ3v) is 3.16. The summed E-state index contributed by atoms with van der Waals surface area (Å²) in [6.07, 6.45) is 0. The van der Waals surface area contributed by atoms with Crippen molar-refractivity contribution in [3.8, 4) is 16.9 Å². The van der Waals surface area contributed by atoms with Gasteiger partial charge >= 0.3 is 5.97 Å². The van der Waals surface area contributed by atoms with Crippen LogP contribution in [0.5, 0.6) is 5.75 Å². The molecule has 0 radical (unpaired) electrons. The molecule has 0 saturated heterocycles. The SMILES string of the molecule is COC(=O)c1cc(-c2ccc(O)cc2F)cs1. The molecule has 5 heteroatoms. The Kier molecular flexibility index (Phi) is 3.10. The van der Waals surface area contributed by atoms with E-state index in [2.05, 4.69) is 4.74 Å². The van der Waals surface area contributed by atoms with Gasteiger partial charge in [-0.15, -0.1) is 11.3 Å². The van der Waals surface area contributed by atoms with Crippen molar-refractivity contribution in [1.29, 1.82) is 0 Å². The van der Waals surface area contributed by atoms with Gasteiger partial charge in [-0.2, -0.15) is 0 Å². The Labute approximate surface area is 101 Å². The molecule has 0 saturated carbocycles. The molecule has 0 unspecified atom stereocenters. The van der Waals surface area contributed by atoms with Crippen LogP contribution in [-0.4, -0.2) is 18.2 Å². The van der Waals surface area contributed by atoms with Gasteiger partial charge in [0.15, 0.2) is 0 Å². The van der Waals surface area contributed by atoms with Gasteiger partial charge in [-0.25, -0.2) is 9.18 Å². The van der Waals surface area contributed by atoms with E-state index >= 15 is 0 Å². The molecule has 0 aliphatic heterocycles. The van der Waals surface area contributed by atoms with Crippen LogP contribution in [-0.2, 0) is 4.74 Å². The van der Waals surface area contributed by atoms with Crippen LogP contribution in [0.25, 0.3) is 11.1 Å². The molecule has 0 bridgehead atoms. The second kappa shape index (κ2) is 4.55. The maximum atomic E-state index is 13.6. The number of hydrogen-bond acceptors (Lipinski definition) is 4. The molecule has 0 aliphatic carbocycles. The molecule has 17 heavy (non-hydrogen) atoms. The van der Waals surface area contributed by atoms with Gasteiger partial charge in [0, 0.05) is 11.6 Å². The predicted octanol–water partition coefficient (Wildman–Crippen LogP) is 3.05. The minimum atomic E-state index is -0.529. The molecule has 2 rings (SSSR count). The summed E-state index contributed by atoms with van der Waals surface area (Å²) in [7, 11) is 1.29. The fourth-order valence-corrected chi connectivity index (χ4v) is 2.25.